The lowest BCUT2D eigenvalue weighted by Crippen LogP contribution is -2.17. The fourth-order valence-corrected chi connectivity index (χ4v) is 3.43. The second-order valence-electron chi connectivity index (χ2n) is 3.15. The number of sulfone groups is 1. The standard InChI is InChI=1S/C10H10BrNO2S/c1-8(6-7-12)15(13,14)10-5-3-2-4-9(10)11/h2-5,8H,6H2,1H3. The number of benzene rings is 1. The van der Waals surface area contributed by atoms with Gasteiger partial charge in [0.05, 0.1) is 22.6 Å². The van der Waals surface area contributed by atoms with Crippen LogP contribution in [-0.2, 0) is 9.84 Å². The van der Waals surface area contributed by atoms with E-state index in [0.717, 1.165) is 0 Å². The summed E-state index contributed by atoms with van der Waals surface area (Å²) in [6, 6.07) is 8.49. The topological polar surface area (TPSA) is 57.9 Å². The molecule has 5 heteroatoms. The van der Waals surface area contributed by atoms with Crippen molar-refractivity contribution in [1.82, 2.24) is 0 Å². The van der Waals surface area contributed by atoms with E-state index in [9.17, 15) is 8.42 Å². The van der Waals surface area contributed by atoms with Gasteiger partial charge in [-0.15, -0.1) is 0 Å². The van der Waals surface area contributed by atoms with Crippen LogP contribution >= 0.6 is 15.9 Å². The summed E-state index contributed by atoms with van der Waals surface area (Å²) in [6.45, 7) is 1.54. The van der Waals surface area contributed by atoms with Crippen molar-refractivity contribution in [2.24, 2.45) is 0 Å². The highest BCUT2D eigenvalue weighted by Crippen LogP contribution is 2.25. The van der Waals surface area contributed by atoms with Gasteiger partial charge >= 0.3 is 0 Å². The molecule has 1 unspecified atom stereocenters. The SMILES string of the molecule is CC(CC#N)S(=O)(=O)c1ccccc1Br. The van der Waals surface area contributed by atoms with Crippen molar-refractivity contribution in [3.05, 3.63) is 28.7 Å². The fraction of sp³-hybridized carbons (Fsp3) is 0.300. The van der Waals surface area contributed by atoms with Crippen molar-refractivity contribution >= 4 is 25.8 Å². The summed E-state index contributed by atoms with van der Waals surface area (Å²) in [7, 11) is -3.40. The van der Waals surface area contributed by atoms with Crippen molar-refractivity contribution in [2.45, 2.75) is 23.5 Å². The predicted octanol–water partition coefficient (Wildman–Crippen LogP) is 2.52. The third-order valence-corrected chi connectivity index (χ3v) is 5.20. The molecule has 0 saturated heterocycles. The molecule has 0 amide bonds. The van der Waals surface area contributed by atoms with E-state index < -0.39 is 15.1 Å². The first-order chi connectivity index (χ1) is 7.00. The molecule has 0 aliphatic carbocycles. The number of halogens is 1. The Morgan fingerprint density at radius 2 is 2.07 bits per heavy atom. The second kappa shape index (κ2) is 4.77. The van der Waals surface area contributed by atoms with Crippen molar-refractivity contribution < 1.29 is 8.42 Å². The van der Waals surface area contributed by atoms with E-state index in [-0.39, 0.29) is 11.3 Å². The highest BCUT2D eigenvalue weighted by molar-refractivity contribution is 9.10. The van der Waals surface area contributed by atoms with Crippen LogP contribution < -0.4 is 0 Å². The van der Waals surface area contributed by atoms with Crippen molar-refractivity contribution in [1.29, 1.82) is 5.26 Å². The quantitative estimate of drug-likeness (QED) is 0.858. The number of nitrogens with zero attached hydrogens (tertiary/aromatic N) is 1. The van der Waals surface area contributed by atoms with Gasteiger partial charge in [0.15, 0.2) is 9.84 Å². The maximum Gasteiger partial charge on any atom is 0.183 e. The summed E-state index contributed by atoms with van der Waals surface area (Å²) in [4.78, 5) is 0.243. The lowest BCUT2D eigenvalue weighted by molar-refractivity contribution is 0.583. The smallest absolute Gasteiger partial charge is 0.183 e. The van der Waals surface area contributed by atoms with Crippen LogP contribution in [0.2, 0.25) is 0 Å². The lowest BCUT2D eigenvalue weighted by Gasteiger charge is -2.10. The first kappa shape index (κ1) is 12.2. The van der Waals surface area contributed by atoms with Gasteiger partial charge < -0.3 is 0 Å². The third kappa shape index (κ3) is 2.58. The first-order valence-corrected chi connectivity index (χ1v) is 6.69. The highest BCUT2D eigenvalue weighted by atomic mass is 79.9. The van der Waals surface area contributed by atoms with Crippen molar-refractivity contribution in [2.75, 3.05) is 0 Å². The van der Waals surface area contributed by atoms with Gasteiger partial charge in [-0.05, 0) is 35.0 Å². The first-order valence-electron chi connectivity index (χ1n) is 4.35. The molecule has 80 valence electrons. The van der Waals surface area contributed by atoms with Crippen LogP contribution in [0.3, 0.4) is 0 Å². The maximum absolute atomic E-state index is 12.0. The van der Waals surface area contributed by atoms with Crippen LogP contribution in [0.15, 0.2) is 33.6 Å². The van der Waals surface area contributed by atoms with E-state index in [2.05, 4.69) is 15.9 Å². The molecule has 1 rings (SSSR count). The zero-order valence-corrected chi connectivity index (χ0v) is 10.5. The van der Waals surface area contributed by atoms with E-state index in [4.69, 9.17) is 5.26 Å². The molecule has 0 fully saturated rings. The molecule has 0 aliphatic rings. The molecule has 1 atom stereocenters. The van der Waals surface area contributed by atoms with Crippen molar-refractivity contribution in [3.8, 4) is 6.07 Å². The summed E-state index contributed by atoms with van der Waals surface area (Å²) >= 11 is 3.19. The van der Waals surface area contributed by atoms with E-state index in [1.807, 2.05) is 6.07 Å². The zero-order valence-electron chi connectivity index (χ0n) is 8.14. The average molecular weight is 288 g/mol. The lowest BCUT2D eigenvalue weighted by atomic mass is 10.4. The minimum absolute atomic E-state index is 0.00364. The molecule has 0 spiro atoms. The number of nitriles is 1. The number of hydrogen-bond acceptors (Lipinski definition) is 3. The molecule has 15 heavy (non-hydrogen) atoms. The van der Waals surface area contributed by atoms with E-state index in [1.54, 1.807) is 18.2 Å². The van der Waals surface area contributed by atoms with Crippen LogP contribution in [0.25, 0.3) is 0 Å². The molecule has 1 aromatic rings. The summed E-state index contributed by atoms with van der Waals surface area (Å²) in [5, 5.41) is 7.81. The Labute approximate surface area is 97.8 Å². The van der Waals surface area contributed by atoms with Crippen LogP contribution in [-0.4, -0.2) is 13.7 Å². The zero-order chi connectivity index (χ0) is 11.5. The molecular weight excluding hydrogens is 278 g/mol. The van der Waals surface area contributed by atoms with Crippen LogP contribution in [0.4, 0.5) is 0 Å². The molecule has 0 heterocycles. The van der Waals surface area contributed by atoms with E-state index >= 15 is 0 Å². The minimum Gasteiger partial charge on any atom is -0.223 e. The molecule has 1 aromatic carbocycles. The largest absolute Gasteiger partial charge is 0.223 e. The maximum atomic E-state index is 12.0. The second-order valence-corrected chi connectivity index (χ2v) is 6.34. The Hall–Kier alpha value is -0.860. The molecule has 0 saturated carbocycles. The number of rotatable bonds is 3. The number of hydrogen-bond donors (Lipinski definition) is 0. The van der Waals surface area contributed by atoms with E-state index in [1.165, 1.54) is 13.0 Å². The summed E-state index contributed by atoms with van der Waals surface area (Å²) in [5.41, 5.74) is 0. The predicted molar refractivity (Wildman–Crippen MR) is 61.0 cm³/mol. The monoisotopic (exact) mass is 287 g/mol. The van der Waals surface area contributed by atoms with Crippen molar-refractivity contribution in [3.63, 3.8) is 0 Å². The fourth-order valence-electron chi connectivity index (χ4n) is 1.13. The molecule has 0 N–H and O–H groups in total. The van der Waals surface area contributed by atoms with E-state index in [0.29, 0.717) is 4.47 Å². The Balaban J connectivity index is 3.19. The molecule has 0 aromatic heterocycles. The van der Waals surface area contributed by atoms with Gasteiger partial charge in [0.25, 0.3) is 0 Å². The van der Waals surface area contributed by atoms with Gasteiger partial charge in [-0.2, -0.15) is 5.26 Å². The highest BCUT2D eigenvalue weighted by Gasteiger charge is 2.24. The van der Waals surface area contributed by atoms with Crippen LogP contribution in [0.5, 0.6) is 0 Å². The summed E-state index contributed by atoms with van der Waals surface area (Å²) in [5.74, 6) is 0. The van der Waals surface area contributed by atoms with Gasteiger partial charge in [-0.3, -0.25) is 0 Å². The van der Waals surface area contributed by atoms with Gasteiger partial charge in [-0.25, -0.2) is 8.42 Å². The Morgan fingerprint density at radius 3 is 2.60 bits per heavy atom. The Morgan fingerprint density at radius 1 is 1.47 bits per heavy atom. The van der Waals surface area contributed by atoms with Gasteiger partial charge in [0.1, 0.15) is 0 Å². The molecular formula is C10H10BrNO2S. The summed E-state index contributed by atoms with van der Waals surface area (Å²) in [6.07, 6.45) is 0.00364. The molecule has 3 nitrogen and oxygen atoms in total. The Kier molecular flexibility index (Phi) is 3.89. The van der Waals surface area contributed by atoms with Crippen LogP contribution in [0.1, 0.15) is 13.3 Å². The normalized spacial score (nSPS) is 13.1. The third-order valence-electron chi connectivity index (χ3n) is 2.05. The summed E-state index contributed by atoms with van der Waals surface area (Å²) < 4.78 is 24.5. The molecule has 0 radical (unpaired) electrons. The van der Waals surface area contributed by atoms with Gasteiger partial charge in [-0.1, -0.05) is 12.1 Å². The van der Waals surface area contributed by atoms with Gasteiger partial charge in [0.2, 0.25) is 0 Å². The molecule has 0 aliphatic heterocycles. The van der Waals surface area contributed by atoms with Crippen LogP contribution in [0, 0.1) is 11.3 Å². The molecule has 0 bridgehead atoms. The Bertz CT molecular complexity index is 490. The minimum atomic E-state index is -3.40. The van der Waals surface area contributed by atoms with Gasteiger partial charge in [0, 0.05) is 4.47 Å². The average Bonchev–Trinajstić information content (AvgIpc) is 2.18.